The van der Waals surface area contributed by atoms with E-state index in [0.717, 1.165) is 12.1 Å². The number of carbonyl (C=O) groups is 1. The number of benzene rings is 2. The Hall–Kier alpha value is -3.42. The number of nitrogens with zero attached hydrogens (tertiary/aromatic N) is 1. The minimum absolute atomic E-state index is 0.236. The number of aromatic nitrogens is 1. The number of anilines is 3. The van der Waals surface area contributed by atoms with Crippen molar-refractivity contribution in [1.29, 1.82) is 0 Å². The molecule has 27 heavy (non-hydrogen) atoms. The Morgan fingerprint density at radius 1 is 0.852 bits per heavy atom. The molecule has 0 spiro atoms. The van der Waals surface area contributed by atoms with Gasteiger partial charge in [-0.05, 0) is 60.7 Å². The smallest absolute Gasteiger partial charge is 0.340 e. The van der Waals surface area contributed by atoms with Gasteiger partial charge in [-0.25, -0.2) is 9.37 Å². The van der Waals surface area contributed by atoms with Crippen molar-refractivity contribution < 1.29 is 22.4 Å². The number of halogens is 4. The topological polar surface area (TPSA) is 54.0 Å². The fraction of sp³-hybridized carbons (Fsp3) is 0.0526. The molecule has 0 saturated heterocycles. The number of rotatable bonds is 4. The summed E-state index contributed by atoms with van der Waals surface area (Å²) in [7, 11) is 0. The molecule has 0 radical (unpaired) electrons. The number of alkyl halides is 3. The van der Waals surface area contributed by atoms with Gasteiger partial charge in [-0.1, -0.05) is 0 Å². The first-order chi connectivity index (χ1) is 12.8. The third-order valence-corrected chi connectivity index (χ3v) is 3.61. The van der Waals surface area contributed by atoms with E-state index in [9.17, 15) is 22.4 Å². The van der Waals surface area contributed by atoms with Gasteiger partial charge in [0.25, 0.3) is 5.91 Å². The molecule has 2 N–H and O–H groups in total. The maximum absolute atomic E-state index is 12.9. The van der Waals surface area contributed by atoms with Crippen molar-refractivity contribution in [3.05, 3.63) is 83.8 Å². The van der Waals surface area contributed by atoms with Crippen LogP contribution in [-0.4, -0.2) is 10.9 Å². The molecule has 138 valence electrons. The highest BCUT2D eigenvalue weighted by molar-refractivity contribution is 6.04. The van der Waals surface area contributed by atoms with Crippen molar-refractivity contribution >= 4 is 23.1 Å². The lowest BCUT2D eigenvalue weighted by Crippen LogP contribution is -2.13. The van der Waals surface area contributed by atoms with Crippen molar-refractivity contribution in [2.75, 3.05) is 10.6 Å². The van der Waals surface area contributed by atoms with Crippen LogP contribution in [0.3, 0.4) is 0 Å². The summed E-state index contributed by atoms with van der Waals surface area (Å²) in [6.45, 7) is 0. The van der Waals surface area contributed by atoms with Gasteiger partial charge in [0.05, 0.1) is 11.1 Å². The summed E-state index contributed by atoms with van der Waals surface area (Å²) in [6.07, 6.45) is -3.11. The molecule has 0 fully saturated rings. The Kier molecular flexibility index (Phi) is 5.07. The van der Waals surface area contributed by atoms with Crippen LogP contribution >= 0.6 is 0 Å². The van der Waals surface area contributed by atoms with Crippen molar-refractivity contribution in [3.63, 3.8) is 0 Å². The van der Waals surface area contributed by atoms with E-state index >= 15 is 0 Å². The van der Waals surface area contributed by atoms with Crippen molar-refractivity contribution in [2.45, 2.75) is 6.18 Å². The van der Waals surface area contributed by atoms with Crippen molar-refractivity contribution in [2.24, 2.45) is 0 Å². The van der Waals surface area contributed by atoms with Crippen molar-refractivity contribution in [3.8, 4) is 0 Å². The normalized spacial score (nSPS) is 11.1. The van der Waals surface area contributed by atoms with E-state index in [1.165, 1.54) is 36.5 Å². The van der Waals surface area contributed by atoms with Crippen LogP contribution in [0.2, 0.25) is 0 Å². The summed E-state index contributed by atoms with van der Waals surface area (Å²) in [6, 6.07) is 12.9. The quantitative estimate of drug-likeness (QED) is 0.614. The van der Waals surface area contributed by atoms with Crippen LogP contribution in [0.25, 0.3) is 0 Å². The van der Waals surface area contributed by atoms with E-state index in [-0.39, 0.29) is 17.1 Å². The fourth-order valence-corrected chi connectivity index (χ4v) is 2.23. The highest BCUT2D eigenvalue weighted by Crippen LogP contribution is 2.29. The average Bonchev–Trinajstić information content (AvgIpc) is 2.64. The first kappa shape index (κ1) is 18.4. The molecule has 0 aliphatic rings. The summed E-state index contributed by atoms with van der Waals surface area (Å²) in [5, 5.41) is 5.46. The Morgan fingerprint density at radius 2 is 1.48 bits per heavy atom. The monoisotopic (exact) mass is 375 g/mol. The zero-order chi connectivity index (χ0) is 19.4. The molecule has 2 aromatic carbocycles. The first-order valence-corrected chi connectivity index (χ1v) is 7.78. The molecule has 1 aromatic heterocycles. The molecule has 1 amide bonds. The Morgan fingerprint density at radius 3 is 2.04 bits per heavy atom. The number of pyridine rings is 1. The Bertz CT molecular complexity index is 921. The van der Waals surface area contributed by atoms with Gasteiger partial charge in [0.2, 0.25) is 0 Å². The molecule has 1 heterocycles. The summed E-state index contributed by atoms with van der Waals surface area (Å²) in [4.78, 5) is 16.3. The largest absolute Gasteiger partial charge is 0.416 e. The number of hydrogen-bond donors (Lipinski definition) is 2. The summed E-state index contributed by atoms with van der Waals surface area (Å²) in [5.74, 6) is -0.410. The standard InChI is InChI=1S/C19H13F4N3O/c20-14-4-8-15(9-5-14)25-17-10-1-12(11-24-17)18(27)26-16-6-2-13(3-7-16)19(21,22)23/h1-11H,(H,24,25)(H,26,27). The fourth-order valence-electron chi connectivity index (χ4n) is 2.23. The molecule has 0 bridgehead atoms. The molecule has 3 aromatic rings. The number of carbonyl (C=O) groups excluding carboxylic acids is 1. The minimum Gasteiger partial charge on any atom is -0.340 e. The van der Waals surface area contributed by atoms with Gasteiger partial charge in [-0.2, -0.15) is 13.2 Å². The predicted octanol–water partition coefficient (Wildman–Crippen LogP) is 5.24. The van der Waals surface area contributed by atoms with Crippen LogP contribution in [0.1, 0.15) is 15.9 Å². The molecule has 3 rings (SSSR count). The van der Waals surface area contributed by atoms with Crippen LogP contribution < -0.4 is 10.6 Å². The zero-order valence-electron chi connectivity index (χ0n) is 13.7. The molecule has 0 atom stereocenters. The van der Waals surface area contributed by atoms with Crippen LogP contribution in [0.5, 0.6) is 0 Å². The highest BCUT2D eigenvalue weighted by atomic mass is 19.4. The molecule has 4 nitrogen and oxygen atoms in total. The zero-order valence-corrected chi connectivity index (χ0v) is 13.7. The van der Waals surface area contributed by atoms with Crippen LogP contribution in [0, 0.1) is 5.82 Å². The molecule has 8 heteroatoms. The third-order valence-electron chi connectivity index (χ3n) is 3.61. The lowest BCUT2D eigenvalue weighted by molar-refractivity contribution is -0.137. The van der Waals surface area contributed by atoms with Crippen LogP contribution in [-0.2, 0) is 6.18 Å². The Balaban J connectivity index is 1.64. The molecule has 0 unspecified atom stereocenters. The lowest BCUT2D eigenvalue weighted by atomic mass is 10.2. The van der Waals surface area contributed by atoms with Crippen molar-refractivity contribution in [1.82, 2.24) is 4.98 Å². The number of amides is 1. The second-order valence-electron chi connectivity index (χ2n) is 5.59. The van der Waals surface area contributed by atoms with E-state index in [1.807, 2.05) is 0 Å². The van der Waals surface area contributed by atoms with Gasteiger partial charge in [-0.15, -0.1) is 0 Å². The van der Waals surface area contributed by atoms with Gasteiger partial charge in [0, 0.05) is 17.6 Å². The first-order valence-electron chi connectivity index (χ1n) is 7.78. The van der Waals surface area contributed by atoms with Crippen LogP contribution in [0.4, 0.5) is 34.8 Å². The van der Waals surface area contributed by atoms with E-state index in [4.69, 9.17) is 0 Å². The second-order valence-corrected chi connectivity index (χ2v) is 5.59. The second kappa shape index (κ2) is 7.45. The summed E-state index contributed by atoms with van der Waals surface area (Å²) < 4.78 is 50.5. The molecule has 0 aliphatic heterocycles. The molecule has 0 aliphatic carbocycles. The highest BCUT2D eigenvalue weighted by Gasteiger charge is 2.30. The number of hydrogen-bond acceptors (Lipinski definition) is 3. The van der Waals surface area contributed by atoms with Gasteiger partial charge in [0.15, 0.2) is 0 Å². The predicted molar refractivity (Wildman–Crippen MR) is 93.3 cm³/mol. The SMILES string of the molecule is O=C(Nc1ccc(C(F)(F)F)cc1)c1ccc(Nc2ccc(F)cc2)nc1. The average molecular weight is 375 g/mol. The van der Waals surface area contributed by atoms with Gasteiger partial charge < -0.3 is 10.6 Å². The minimum atomic E-state index is -4.43. The van der Waals surface area contributed by atoms with Crippen LogP contribution in [0.15, 0.2) is 66.9 Å². The van der Waals surface area contributed by atoms with Gasteiger partial charge in [-0.3, -0.25) is 4.79 Å². The maximum atomic E-state index is 12.9. The third kappa shape index (κ3) is 4.81. The lowest BCUT2D eigenvalue weighted by Gasteiger charge is -2.09. The number of nitrogens with one attached hydrogen (secondary N) is 2. The maximum Gasteiger partial charge on any atom is 0.416 e. The molecular formula is C19H13F4N3O. The molecule has 0 saturated carbocycles. The summed E-state index contributed by atoms with van der Waals surface area (Å²) in [5.41, 5.74) is 0.310. The van der Waals surface area contributed by atoms with E-state index in [1.54, 1.807) is 18.2 Å². The van der Waals surface area contributed by atoms with E-state index in [2.05, 4.69) is 15.6 Å². The Labute approximate surface area is 151 Å². The summed E-state index contributed by atoms with van der Waals surface area (Å²) >= 11 is 0. The van der Waals surface area contributed by atoms with E-state index < -0.39 is 17.6 Å². The van der Waals surface area contributed by atoms with E-state index in [0.29, 0.717) is 11.5 Å². The van der Waals surface area contributed by atoms with Gasteiger partial charge >= 0.3 is 6.18 Å². The van der Waals surface area contributed by atoms with Gasteiger partial charge in [0.1, 0.15) is 11.6 Å². The molecular weight excluding hydrogens is 362 g/mol.